The van der Waals surface area contributed by atoms with Crippen LogP contribution in [-0.4, -0.2) is 51.1 Å². The van der Waals surface area contributed by atoms with Crippen LogP contribution in [0.25, 0.3) is 0 Å². The highest BCUT2D eigenvalue weighted by Crippen LogP contribution is 2.53. The van der Waals surface area contributed by atoms with Crippen molar-refractivity contribution in [2.75, 3.05) is 14.1 Å². The number of carbonyl (C=O) groups is 3. The van der Waals surface area contributed by atoms with Gasteiger partial charge in [-0.1, -0.05) is 23.9 Å². The molecule has 3 fully saturated rings. The number of hydrazine groups is 1. The van der Waals surface area contributed by atoms with Gasteiger partial charge < -0.3 is 4.90 Å². The molecule has 2 aliphatic heterocycles. The van der Waals surface area contributed by atoms with Gasteiger partial charge in [0, 0.05) is 20.3 Å². The Morgan fingerprint density at radius 1 is 1.13 bits per heavy atom. The molecule has 0 N–H and O–H groups in total. The summed E-state index contributed by atoms with van der Waals surface area (Å²) < 4.78 is 0.227. The van der Waals surface area contributed by atoms with Crippen LogP contribution in [0.1, 0.15) is 6.42 Å². The van der Waals surface area contributed by atoms with Gasteiger partial charge >= 0.3 is 0 Å². The van der Waals surface area contributed by atoms with Gasteiger partial charge in [0.05, 0.1) is 16.7 Å². The van der Waals surface area contributed by atoms with Crippen molar-refractivity contribution in [3.63, 3.8) is 0 Å². The molecular weight excluding hydrogens is 334 g/mol. The van der Waals surface area contributed by atoms with E-state index in [1.807, 2.05) is 12.2 Å². The lowest BCUT2D eigenvalue weighted by molar-refractivity contribution is -0.159. The quantitative estimate of drug-likeness (QED) is 0.320. The molecule has 8 heteroatoms. The van der Waals surface area contributed by atoms with E-state index in [9.17, 15) is 14.4 Å². The Balaban J connectivity index is 1.67. The fourth-order valence-electron chi connectivity index (χ4n) is 3.94. The molecule has 4 rings (SSSR count). The lowest BCUT2D eigenvalue weighted by Crippen LogP contribution is -2.49. The van der Waals surface area contributed by atoms with Crippen LogP contribution in [0, 0.1) is 23.7 Å². The van der Waals surface area contributed by atoms with Crippen LogP contribution in [0.15, 0.2) is 23.3 Å². The van der Waals surface area contributed by atoms with Gasteiger partial charge in [-0.2, -0.15) is 10.0 Å². The molecule has 2 aliphatic carbocycles. The van der Waals surface area contributed by atoms with E-state index in [2.05, 4.69) is 0 Å². The van der Waals surface area contributed by atoms with Crippen molar-refractivity contribution in [3.05, 3.63) is 23.3 Å². The van der Waals surface area contributed by atoms with Gasteiger partial charge in [-0.15, -0.1) is 0 Å². The second kappa shape index (κ2) is 4.91. The van der Waals surface area contributed by atoms with Crippen LogP contribution in [0.2, 0.25) is 0 Å². The maximum atomic E-state index is 12.8. The summed E-state index contributed by atoms with van der Waals surface area (Å²) in [4.78, 5) is 40.3. The van der Waals surface area contributed by atoms with Gasteiger partial charge in [-0.25, -0.2) is 0 Å². The first-order chi connectivity index (χ1) is 10.9. The molecule has 120 valence electrons. The van der Waals surface area contributed by atoms with Gasteiger partial charge in [-0.05, 0) is 30.5 Å². The van der Waals surface area contributed by atoms with Gasteiger partial charge in [-0.3, -0.25) is 14.4 Å². The summed E-state index contributed by atoms with van der Waals surface area (Å²) in [5.41, 5.74) is 0. The van der Waals surface area contributed by atoms with Crippen LogP contribution in [0.4, 0.5) is 0 Å². The number of hydrogen-bond donors (Lipinski definition) is 0. The zero-order valence-electron chi connectivity index (χ0n) is 12.6. The minimum absolute atomic E-state index is 0.113. The number of imide groups is 1. The topological polar surface area (TPSA) is 60.9 Å². The van der Waals surface area contributed by atoms with Crippen molar-refractivity contribution < 1.29 is 14.4 Å². The minimum Gasteiger partial charge on any atom is -0.382 e. The first-order valence-electron chi connectivity index (χ1n) is 7.40. The van der Waals surface area contributed by atoms with Crippen LogP contribution in [0.3, 0.4) is 0 Å². The van der Waals surface area contributed by atoms with Crippen LogP contribution in [0.5, 0.6) is 0 Å². The van der Waals surface area contributed by atoms with E-state index in [0.29, 0.717) is 4.91 Å². The first-order valence-corrected chi connectivity index (χ1v) is 8.63. The van der Waals surface area contributed by atoms with Crippen molar-refractivity contribution in [1.82, 2.24) is 14.9 Å². The Labute approximate surface area is 143 Å². The van der Waals surface area contributed by atoms with Crippen LogP contribution in [-0.2, 0) is 14.4 Å². The predicted octanol–water partition coefficient (Wildman–Crippen LogP) is 0.972. The highest BCUT2D eigenvalue weighted by molar-refractivity contribution is 8.26. The molecule has 4 atom stereocenters. The summed E-state index contributed by atoms with van der Waals surface area (Å²) >= 11 is 6.35. The molecule has 2 bridgehead atoms. The van der Waals surface area contributed by atoms with E-state index >= 15 is 0 Å². The third kappa shape index (κ3) is 1.94. The molecule has 0 radical (unpaired) electrons. The zero-order chi connectivity index (χ0) is 16.5. The Bertz CT molecular complexity index is 685. The van der Waals surface area contributed by atoms with Gasteiger partial charge in [0.1, 0.15) is 0 Å². The number of thiocarbonyl (C=S) groups is 1. The van der Waals surface area contributed by atoms with Crippen molar-refractivity contribution in [1.29, 1.82) is 0 Å². The second-order valence-corrected chi connectivity index (χ2v) is 8.11. The lowest BCUT2D eigenvalue weighted by atomic mass is 9.85. The SMILES string of the molecule is CN(C)/C=C1\SC(=S)N(N2C(=O)[C@@H]3[C@H](C2=O)[C@H]2C=C[C@@H]3C2)C1=O. The molecule has 0 aromatic rings. The standard InChI is InChI=1S/C15H15N3O3S2/c1-16(2)6-9-12(19)18(15(22)23-9)17-13(20)10-7-3-4-8(5-7)11(10)14(17)21/h3-4,6-8,10-11H,5H2,1-2H3/b9-6-/t7-,8+,10+,11-. The number of nitrogens with zero attached hydrogens (tertiary/aromatic N) is 3. The Morgan fingerprint density at radius 2 is 1.70 bits per heavy atom. The van der Waals surface area contributed by atoms with Crippen molar-refractivity contribution in [2.24, 2.45) is 23.7 Å². The number of thioether (sulfide) groups is 1. The molecule has 0 aromatic carbocycles. The van der Waals surface area contributed by atoms with E-state index in [1.54, 1.807) is 25.2 Å². The molecule has 0 spiro atoms. The van der Waals surface area contributed by atoms with E-state index in [4.69, 9.17) is 12.2 Å². The first kappa shape index (κ1) is 14.9. The summed E-state index contributed by atoms with van der Waals surface area (Å²) in [6.45, 7) is 0. The molecule has 4 aliphatic rings. The average Bonchev–Trinajstić information content (AvgIpc) is 3.19. The molecule has 1 saturated carbocycles. The van der Waals surface area contributed by atoms with E-state index in [1.165, 1.54) is 0 Å². The number of rotatable bonds is 2. The van der Waals surface area contributed by atoms with E-state index in [0.717, 1.165) is 28.2 Å². The van der Waals surface area contributed by atoms with Gasteiger partial charge in [0.2, 0.25) is 0 Å². The van der Waals surface area contributed by atoms with E-state index in [-0.39, 0.29) is 39.8 Å². The third-order valence-electron chi connectivity index (χ3n) is 4.80. The summed E-state index contributed by atoms with van der Waals surface area (Å²) in [5, 5.41) is 2.08. The Kier molecular flexibility index (Phi) is 3.18. The fraction of sp³-hybridized carbons (Fsp3) is 0.467. The second-order valence-electron chi connectivity index (χ2n) is 6.43. The monoisotopic (exact) mass is 349 g/mol. The zero-order valence-corrected chi connectivity index (χ0v) is 14.3. The normalized spacial score (nSPS) is 36.9. The molecule has 2 heterocycles. The lowest BCUT2D eigenvalue weighted by Gasteiger charge is -2.25. The number of hydrogen-bond acceptors (Lipinski definition) is 6. The minimum atomic E-state index is -0.407. The molecular formula is C15H15N3O3S2. The average molecular weight is 349 g/mol. The molecule has 3 amide bonds. The van der Waals surface area contributed by atoms with Crippen LogP contribution >= 0.6 is 24.0 Å². The van der Waals surface area contributed by atoms with Gasteiger partial charge in [0.15, 0.2) is 4.32 Å². The van der Waals surface area contributed by atoms with Crippen molar-refractivity contribution in [3.8, 4) is 0 Å². The summed E-state index contributed by atoms with van der Waals surface area (Å²) in [6.07, 6.45) is 6.56. The summed E-state index contributed by atoms with van der Waals surface area (Å²) in [5.74, 6) is -1.43. The summed E-state index contributed by atoms with van der Waals surface area (Å²) in [6, 6.07) is 0. The third-order valence-corrected chi connectivity index (χ3v) is 6.07. The van der Waals surface area contributed by atoms with Crippen molar-refractivity contribution >= 4 is 46.0 Å². The Hall–Kier alpha value is -1.67. The van der Waals surface area contributed by atoms with Crippen molar-refractivity contribution in [2.45, 2.75) is 6.42 Å². The maximum absolute atomic E-state index is 12.8. The number of fused-ring (bicyclic) bond motifs is 5. The largest absolute Gasteiger partial charge is 0.382 e. The molecule has 2 saturated heterocycles. The Morgan fingerprint density at radius 3 is 2.22 bits per heavy atom. The molecule has 6 nitrogen and oxygen atoms in total. The maximum Gasteiger partial charge on any atom is 0.287 e. The smallest absolute Gasteiger partial charge is 0.287 e. The molecule has 0 unspecified atom stereocenters. The summed E-state index contributed by atoms with van der Waals surface area (Å²) in [7, 11) is 3.60. The number of amides is 3. The van der Waals surface area contributed by atoms with E-state index < -0.39 is 5.91 Å². The highest BCUT2D eigenvalue weighted by atomic mass is 32.2. The van der Waals surface area contributed by atoms with Gasteiger partial charge in [0.25, 0.3) is 17.7 Å². The fourth-order valence-corrected chi connectivity index (χ4v) is 5.25. The predicted molar refractivity (Wildman–Crippen MR) is 88.4 cm³/mol. The molecule has 23 heavy (non-hydrogen) atoms. The number of carbonyl (C=O) groups excluding carboxylic acids is 3. The number of allylic oxidation sites excluding steroid dienone is 2. The van der Waals surface area contributed by atoms with Crippen LogP contribution < -0.4 is 0 Å². The highest BCUT2D eigenvalue weighted by Gasteiger charge is 2.62. The molecule has 0 aromatic heterocycles.